The second kappa shape index (κ2) is 7.23. The lowest BCUT2D eigenvalue weighted by Crippen LogP contribution is -2.42. The van der Waals surface area contributed by atoms with Crippen molar-refractivity contribution in [1.29, 1.82) is 0 Å². The van der Waals surface area contributed by atoms with Crippen LogP contribution >= 0.6 is 0 Å². The maximum atomic E-state index is 12.8. The Morgan fingerprint density at radius 3 is 2.92 bits per heavy atom. The number of rotatable bonds is 4. The van der Waals surface area contributed by atoms with Crippen LogP contribution < -0.4 is 5.32 Å². The molecule has 0 spiro atoms. The van der Waals surface area contributed by atoms with E-state index in [1.807, 2.05) is 24.3 Å². The van der Waals surface area contributed by atoms with Gasteiger partial charge in [0.2, 0.25) is 0 Å². The first kappa shape index (κ1) is 17.3. The second-order valence-corrected chi connectivity index (χ2v) is 7.65. The summed E-state index contributed by atoms with van der Waals surface area (Å²) in [7, 11) is 4.21. The molecule has 0 saturated carbocycles. The van der Waals surface area contributed by atoms with Gasteiger partial charge in [0, 0.05) is 26.3 Å². The molecule has 2 atom stereocenters. The normalized spacial score (nSPS) is 23.6. The quantitative estimate of drug-likeness (QED) is 0.906. The number of aromatic nitrogens is 4. The van der Waals surface area contributed by atoms with Gasteiger partial charge in [-0.15, -0.1) is 0 Å². The van der Waals surface area contributed by atoms with Crippen LogP contribution in [0.5, 0.6) is 0 Å². The Bertz CT molecular complexity index is 779. The Balaban J connectivity index is 1.46. The summed E-state index contributed by atoms with van der Waals surface area (Å²) in [6.45, 7) is 2.69. The van der Waals surface area contributed by atoms with Crippen LogP contribution in [0.15, 0.2) is 18.7 Å². The van der Waals surface area contributed by atoms with Gasteiger partial charge < -0.3 is 9.88 Å². The van der Waals surface area contributed by atoms with E-state index >= 15 is 0 Å². The van der Waals surface area contributed by atoms with Crippen molar-refractivity contribution in [2.24, 2.45) is 13.0 Å². The van der Waals surface area contributed by atoms with Crippen LogP contribution in [0.2, 0.25) is 0 Å². The molecule has 1 N–H and O–H groups in total. The largest absolute Gasteiger partial charge is 0.352 e. The molecule has 1 fully saturated rings. The average Bonchev–Trinajstić information content (AvgIpc) is 3.26. The molecule has 0 aromatic carbocycles. The van der Waals surface area contributed by atoms with Crippen LogP contribution in [0.1, 0.15) is 53.5 Å². The molecule has 140 valence electrons. The Morgan fingerprint density at radius 2 is 2.12 bits per heavy atom. The first-order valence-corrected chi connectivity index (χ1v) is 9.64. The highest BCUT2D eigenvalue weighted by Crippen LogP contribution is 2.34. The summed E-state index contributed by atoms with van der Waals surface area (Å²) in [4.78, 5) is 19.4. The number of piperidine rings is 1. The lowest BCUT2D eigenvalue weighted by Gasteiger charge is -2.39. The fourth-order valence-corrected chi connectivity index (χ4v) is 4.52. The number of nitrogens with one attached hydrogen (secondary N) is 1. The molecular weight excluding hydrogens is 328 g/mol. The van der Waals surface area contributed by atoms with E-state index in [1.54, 1.807) is 6.20 Å². The highest BCUT2D eigenvalue weighted by Gasteiger charge is 2.32. The van der Waals surface area contributed by atoms with Crippen molar-refractivity contribution in [1.82, 2.24) is 29.5 Å². The van der Waals surface area contributed by atoms with Gasteiger partial charge in [-0.2, -0.15) is 5.10 Å². The summed E-state index contributed by atoms with van der Waals surface area (Å²) in [5, 5.41) is 7.58. The standard InChI is InChI=1S/C19H28N6O/c1-23-8-5-6-14(18(23)17-12-20-13-24(17)2)10-21-19(26)15-11-22-25-9-4-3-7-16(15)25/h11-14,18H,3-10H2,1-2H3,(H,21,26)/t14-,18+/m0/s1. The van der Waals surface area contributed by atoms with E-state index in [1.165, 1.54) is 5.69 Å². The summed E-state index contributed by atoms with van der Waals surface area (Å²) < 4.78 is 4.08. The number of carbonyl (C=O) groups excluding carboxylic acids is 1. The minimum absolute atomic E-state index is 0.0186. The maximum Gasteiger partial charge on any atom is 0.254 e. The van der Waals surface area contributed by atoms with Crippen molar-refractivity contribution in [3.8, 4) is 0 Å². The van der Waals surface area contributed by atoms with Crippen LogP contribution in [0.3, 0.4) is 0 Å². The van der Waals surface area contributed by atoms with Gasteiger partial charge in [-0.1, -0.05) is 0 Å². The monoisotopic (exact) mass is 356 g/mol. The van der Waals surface area contributed by atoms with Crippen molar-refractivity contribution >= 4 is 5.91 Å². The third kappa shape index (κ3) is 3.16. The number of amides is 1. The van der Waals surface area contributed by atoms with E-state index < -0.39 is 0 Å². The lowest BCUT2D eigenvalue weighted by molar-refractivity contribution is 0.0880. The molecule has 4 rings (SSSR count). The summed E-state index contributed by atoms with van der Waals surface area (Å²) in [5.41, 5.74) is 3.07. The van der Waals surface area contributed by atoms with Crippen molar-refractivity contribution in [3.63, 3.8) is 0 Å². The van der Waals surface area contributed by atoms with E-state index in [0.29, 0.717) is 12.5 Å². The van der Waals surface area contributed by atoms with Crippen LogP contribution in [-0.4, -0.2) is 50.3 Å². The Morgan fingerprint density at radius 1 is 1.23 bits per heavy atom. The summed E-state index contributed by atoms with van der Waals surface area (Å²) >= 11 is 0. The zero-order valence-electron chi connectivity index (χ0n) is 15.7. The molecule has 0 bridgehead atoms. The molecule has 0 aliphatic carbocycles. The number of carbonyl (C=O) groups is 1. The topological polar surface area (TPSA) is 68.0 Å². The van der Waals surface area contributed by atoms with E-state index in [4.69, 9.17) is 0 Å². The number of hydrogen-bond donors (Lipinski definition) is 1. The smallest absolute Gasteiger partial charge is 0.254 e. The SMILES string of the molecule is CN1CCC[C@@H](CNC(=O)c2cnn3c2CCCC3)[C@@H]1c1cncn1C. The van der Waals surface area contributed by atoms with Gasteiger partial charge in [0.25, 0.3) is 5.91 Å². The predicted octanol–water partition coefficient (Wildman–Crippen LogP) is 1.77. The second-order valence-electron chi connectivity index (χ2n) is 7.65. The van der Waals surface area contributed by atoms with Crippen LogP contribution in [-0.2, 0) is 20.0 Å². The summed E-state index contributed by atoms with van der Waals surface area (Å²) in [6, 6.07) is 0.289. The van der Waals surface area contributed by atoms with Gasteiger partial charge in [0.05, 0.1) is 35.5 Å². The number of aryl methyl sites for hydroxylation is 2. The summed E-state index contributed by atoms with van der Waals surface area (Å²) in [6.07, 6.45) is 11.1. The highest BCUT2D eigenvalue weighted by molar-refractivity contribution is 5.95. The summed E-state index contributed by atoms with van der Waals surface area (Å²) in [5.74, 6) is 0.407. The highest BCUT2D eigenvalue weighted by atomic mass is 16.1. The molecule has 4 heterocycles. The molecule has 2 aliphatic heterocycles. The van der Waals surface area contributed by atoms with Gasteiger partial charge in [0.15, 0.2) is 0 Å². The first-order valence-electron chi connectivity index (χ1n) is 9.64. The third-order valence-electron chi connectivity index (χ3n) is 5.92. The minimum atomic E-state index is 0.0186. The molecule has 1 saturated heterocycles. The van der Waals surface area contributed by atoms with Gasteiger partial charge in [-0.05, 0) is 51.6 Å². The molecule has 26 heavy (non-hydrogen) atoms. The molecule has 7 nitrogen and oxygen atoms in total. The van der Waals surface area contributed by atoms with Crippen LogP contribution in [0.4, 0.5) is 0 Å². The molecular formula is C19H28N6O. The Labute approximate surface area is 154 Å². The fourth-order valence-electron chi connectivity index (χ4n) is 4.52. The van der Waals surface area contributed by atoms with E-state index in [2.05, 4.69) is 31.9 Å². The van der Waals surface area contributed by atoms with Gasteiger partial charge in [0.1, 0.15) is 0 Å². The number of likely N-dealkylation sites (tertiary alicyclic amines) is 1. The van der Waals surface area contributed by atoms with E-state index in [9.17, 15) is 4.79 Å². The zero-order chi connectivity index (χ0) is 18.1. The molecule has 0 unspecified atom stereocenters. The van der Waals surface area contributed by atoms with Crippen molar-refractivity contribution in [2.75, 3.05) is 20.1 Å². The molecule has 2 aromatic heterocycles. The molecule has 2 aliphatic rings. The van der Waals surface area contributed by atoms with Gasteiger partial charge >= 0.3 is 0 Å². The zero-order valence-corrected chi connectivity index (χ0v) is 15.7. The number of imidazole rings is 1. The number of nitrogens with zero attached hydrogens (tertiary/aromatic N) is 5. The van der Waals surface area contributed by atoms with E-state index in [0.717, 1.165) is 56.5 Å². The molecule has 1 amide bonds. The number of hydrogen-bond acceptors (Lipinski definition) is 4. The van der Waals surface area contributed by atoms with Crippen molar-refractivity contribution < 1.29 is 4.79 Å². The average molecular weight is 356 g/mol. The number of fused-ring (bicyclic) bond motifs is 1. The Hall–Kier alpha value is -2.15. The third-order valence-corrected chi connectivity index (χ3v) is 5.92. The first-order chi connectivity index (χ1) is 12.6. The Kier molecular flexibility index (Phi) is 4.80. The molecule has 7 heteroatoms. The van der Waals surface area contributed by atoms with Crippen LogP contribution in [0, 0.1) is 5.92 Å². The maximum absolute atomic E-state index is 12.8. The fraction of sp³-hybridized carbons (Fsp3) is 0.632. The van der Waals surface area contributed by atoms with Gasteiger partial charge in [-0.3, -0.25) is 14.4 Å². The van der Waals surface area contributed by atoms with Crippen LogP contribution in [0.25, 0.3) is 0 Å². The lowest BCUT2D eigenvalue weighted by atomic mass is 9.87. The predicted molar refractivity (Wildman–Crippen MR) is 98.8 cm³/mol. The van der Waals surface area contributed by atoms with Gasteiger partial charge in [-0.25, -0.2) is 4.98 Å². The minimum Gasteiger partial charge on any atom is -0.352 e. The molecule has 2 aromatic rings. The van der Waals surface area contributed by atoms with Crippen molar-refractivity contribution in [3.05, 3.63) is 35.7 Å². The van der Waals surface area contributed by atoms with E-state index in [-0.39, 0.29) is 11.9 Å². The molecule has 0 radical (unpaired) electrons. The van der Waals surface area contributed by atoms with Crippen molar-refractivity contribution in [2.45, 2.75) is 44.7 Å².